The summed E-state index contributed by atoms with van der Waals surface area (Å²) in [4.78, 5) is 11.9. The van der Waals surface area contributed by atoms with Gasteiger partial charge in [0.05, 0.1) is 12.0 Å². The summed E-state index contributed by atoms with van der Waals surface area (Å²) in [5.74, 6) is 0.0694. The normalized spacial score (nSPS) is 27.8. The highest BCUT2D eigenvalue weighted by Gasteiger charge is 2.30. The Morgan fingerprint density at radius 2 is 2.00 bits per heavy atom. The zero-order chi connectivity index (χ0) is 13.0. The van der Waals surface area contributed by atoms with Gasteiger partial charge < -0.3 is 9.84 Å². The average Bonchev–Trinajstić information content (AvgIpc) is 2.36. The van der Waals surface area contributed by atoms with Crippen LogP contribution in [0, 0.1) is 11.8 Å². The van der Waals surface area contributed by atoms with E-state index >= 15 is 0 Å². The number of aliphatic hydroxyl groups is 1. The molecular weight excluding hydrogens is 228 g/mol. The van der Waals surface area contributed by atoms with Crippen LogP contribution in [0.5, 0.6) is 0 Å². The molecule has 0 aliphatic heterocycles. The summed E-state index contributed by atoms with van der Waals surface area (Å²) < 4.78 is 5.31. The van der Waals surface area contributed by atoms with Crippen LogP contribution in [0.1, 0.15) is 31.7 Å². The van der Waals surface area contributed by atoms with Gasteiger partial charge in [0.15, 0.2) is 0 Å². The summed E-state index contributed by atoms with van der Waals surface area (Å²) in [7, 11) is 0. The molecule has 2 rings (SSSR count). The molecule has 1 aromatic carbocycles. The molecule has 0 heterocycles. The summed E-state index contributed by atoms with van der Waals surface area (Å²) >= 11 is 0. The fourth-order valence-electron chi connectivity index (χ4n) is 2.61. The van der Waals surface area contributed by atoms with Gasteiger partial charge in [0, 0.05) is 0 Å². The molecular formula is C15H20O3. The Kier molecular flexibility index (Phi) is 4.37. The number of benzene rings is 1. The first-order valence-corrected chi connectivity index (χ1v) is 6.53. The van der Waals surface area contributed by atoms with Crippen LogP contribution in [0.15, 0.2) is 30.3 Å². The first kappa shape index (κ1) is 13.1. The fraction of sp³-hybridized carbons (Fsp3) is 0.533. The van der Waals surface area contributed by atoms with Crippen LogP contribution in [-0.2, 0) is 16.1 Å². The molecule has 3 unspecified atom stereocenters. The Hall–Kier alpha value is -1.35. The lowest BCUT2D eigenvalue weighted by Gasteiger charge is -2.29. The van der Waals surface area contributed by atoms with Crippen molar-refractivity contribution in [2.75, 3.05) is 0 Å². The smallest absolute Gasteiger partial charge is 0.309 e. The average molecular weight is 248 g/mol. The number of esters is 1. The highest BCUT2D eigenvalue weighted by molar-refractivity contribution is 5.72. The molecule has 3 nitrogen and oxygen atoms in total. The lowest BCUT2D eigenvalue weighted by molar-refractivity contribution is -0.153. The third kappa shape index (κ3) is 3.57. The van der Waals surface area contributed by atoms with Crippen molar-refractivity contribution in [1.82, 2.24) is 0 Å². The first-order chi connectivity index (χ1) is 8.65. The van der Waals surface area contributed by atoms with Gasteiger partial charge in [-0.05, 0) is 30.7 Å². The summed E-state index contributed by atoms with van der Waals surface area (Å²) in [5, 5.41) is 9.68. The second-order valence-electron chi connectivity index (χ2n) is 5.26. The fourth-order valence-corrected chi connectivity index (χ4v) is 2.61. The van der Waals surface area contributed by atoms with E-state index in [9.17, 15) is 9.90 Å². The van der Waals surface area contributed by atoms with E-state index in [1.165, 1.54) is 0 Å². The molecule has 98 valence electrons. The van der Waals surface area contributed by atoms with Crippen molar-refractivity contribution < 1.29 is 14.6 Å². The van der Waals surface area contributed by atoms with Crippen LogP contribution >= 0.6 is 0 Å². The van der Waals surface area contributed by atoms with Crippen molar-refractivity contribution in [3.8, 4) is 0 Å². The van der Waals surface area contributed by atoms with Gasteiger partial charge in [0.25, 0.3) is 0 Å². The molecule has 0 amide bonds. The van der Waals surface area contributed by atoms with Crippen LogP contribution in [0.4, 0.5) is 0 Å². The highest BCUT2D eigenvalue weighted by Crippen LogP contribution is 2.29. The third-order valence-electron chi connectivity index (χ3n) is 3.48. The Labute approximate surface area is 108 Å². The maximum absolute atomic E-state index is 11.9. The number of aliphatic hydroxyl groups excluding tert-OH is 1. The van der Waals surface area contributed by atoms with Crippen LogP contribution in [0.2, 0.25) is 0 Å². The molecule has 18 heavy (non-hydrogen) atoms. The Morgan fingerprint density at radius 1 is 1.28 bits per heavy atom. The summed E-state index contributed by atoms with van der Waals surface area (Å²) in [6.07, 6.45) is 1.80. The van der Waals surface area contributed by atoms with E-state index in [2.05, 4.69) is 6.92 Å². The second kappa shape index (κ2) is 6.01. The largest absolute Gasteiger partial charge is 0.461 e. The Morgan fingerprint density at radius 3 is 2.67 bits per heavy atom. The highest BCUT2D eigenvalue weighted by atomic mass is 16.5. The van der Waals surface area contributed by atoms with Gasteiger partial charge in [0.2, 0.25) is 0 Å². The Balaban J connectivity index is 1.84. The van der Waals surface area contributed by atoms with Crippen LogP contribution in [0.25, 0.3) is 0 Å². The second-order valence-corrected chi connectivity index (χ2v) is 5.26. The van der Waals surface area contributed by atoms with Crippen molar-refractivity contribution in [2.45, 2.75) is 38.9 Å². The number of hydrogen-bond donors (Lipinski definition) is 1. The van der Waals surface area contributed by atoms with Gasteiger partial charge in [-0.15, -0.1) is 0 Å². The van der Waals surface area contributed by atoms with Crippen molar-refractivity contribution in [1.29, 1.82) is 0 Å². The van der Waals surface area contributed by atoms with Crippen LogP contribution < -0.4 is 0 Å². The maximum atomic E-state index is 11.9. The number of hydrogen-bond acceptors (Lipinski definition) is 3. The quantitative estimate of drug-likeness (QED) is 0.836. The molecule has 3 atom stereocenters. The predicted molar refractivity (Wildman–Crippen MR) is 68.7 cm³/mol. The minimum Gasteiger partial charge on any atom is -0.461 e. The van der Waals surface area contributed by atoms with E-state index in [4.69, 9.17) is 4.74 Å². The zero-order valence-corrected chi connectivity index (χ0v) is 10.7. The predicted octanol–water partition coefficient (Wildman–Crippen LogP) is 2.53. The van der Waals surface area contributed by atoms with E-state index in [1.807, 2.05) is 30.3 Å². The van der Waals surface area contributed by atoms with Crippen molar-refractivity contribution >= 4 is 5.97 Å². The van der Waals surface area contributed by atoms with Gasteiger partial charge in [-0.3, -0.25) is 4.79 Å². The molecule has 1 N–H and O–H groups in total. The molecule has 0 saturated heterocycles. The zero-order valence-electron chi connectivity index (χ0n) is 10.7. The third-order valence-corrected chi connectivity index (χ3v) is 3.48. The first-order valence-electron chi connectivity index (χ1n) is 6.53. The van der Waals surface area contributed by atoms with E-state index in [0.29, 0.717) is 18.9 Å². The van der Waals surface area contributed by atoms with Crippen molar-refractivity contribution in [3.63, 3.8) is 0 Å². The minimum atomic E-state index is -0.358. The van der Waals surface area contributed by atoms with E-state index in [-0.39, 0.29) is 18.0 Å². The molecule has 0 aromatic heterocycles. The minimum absolute atomic E-state index is 0.146. The molecule has 1 aliphatic rings. The molecule has 0 radical (unpaired) electrons. The SMILES string of the molecule is CC1CC(O)CC(C(=O)OCc2ccccc2)C1. The maximum Gasteiger partial charge on any atom is 0.309 e. The molecule has 1 aliphatic carbocycles. The Bertz CT molecular complexity index is 378. The van der Waals surface area contributed by atoms with E-state index in [1.54, 1.807) is 0 Å². The lowest BCUT2D eigenvalue weighted by Crippen LogP contribution is -2.31. The summed E-state index contributed by atoms with van der Waals surface area (Å²) in [6.45, 7) is 2.39. The molecule has 1 saturated carbocycles. The topological polar surface area (TPSA) is 46.5 Å². The van der Waals surface area contributed by atoms with Gasteiger partial charge in [-0.1, -0.05) is 37.3 Å². The standard InChI is InChI=1S/C15H20O3/c1-11-7-13(9-14(16)8-11)15(17)18-10-12-5-3-2-4-6-12/h2-6,11,13-14,16H,7-10H2,1H3. The van der Waals surface area contributed by atoms with Gasteiger partial charge in [-0.25, -0.2) is 0 Å². The van der Waals surface area contributed by atoms with E-state index in [0.717, 1.165) is 18.4 Å². The van der Waals surface area contributed by atoms with Gasteiger partial charge >= 0.3 is 5.97 Å². The molecule has 3 heteroatoms. The van der Waals surface area contributed by atoms with Gasteiger partial charge in [0.1, 0.15) is 6.61 Å². The molecule has 1 aromatic rings. The van der Waals surface area contributed by atoms with Crippen molar-refractivity contribution in [3.05, 3.63) is 35.9 Å². The number of carbonyl (C=O) groups excluding carboxylic acids is 1. The van der Waals surface area contributed by atoms with Crippen LogP contribution in [0.3, 0.4) is 0 Å². The molecule has 1 fully saturated rings. The molecule has 0 bridgehead atoms. The summed E-state index contributed by atoms with van der Waals surface area (Å²) in [6, 6.07) is 9.66. The van der Waals surface area contributed by atoms with Crippen LogP contribution in [-0.4, -0.2) is 17.2 Å². The lowest BCUT2D eigenvalue weighted by atomic mass is 9.81. The summed E-state index contributed by atoms with van der Waals surface area (Å²) in [5.41, 5.74) is 0.996. The number of ether oxygens (including phenoxy) is 1. The number of rotatable bonds is 3. The van der Waals surface area contributed by atoms with Crippen molar-refractivity contribution in [2.24, 2.45) is 11.8 Å². The van der Waals surface area contributed by atoms with Gasteiger partial charge in [-0.2, -0.15) is 0 Å². The monoisotopic (exact) mass is 248 g/mol. The van der Waals surface area contributed by atoms with E-state index < -0.39 is 0 Å². The molecule has 0 spiro atoms. The number of carbonyl (C=O) groups is 1.